The van der Waals surface area contributed by atoms with Gasteiger partial charge in [0, 0.05) is 30.7 Å². The molecule has 4 aliphatic rings. The number of nitrogens with one attached hydrogen (secondary N) is 1. The number of fused-ring (bicyclic) bond motifs is 1. The van der Waals surface area contributed by atoms with E-state index in [0.717, 1.165) is 56.8 Å². The van der Waals surface area contributed by atoms with Crippen LogP contribution in [0.3, 0.4) is 0 Å². The molecule has 0 bridgehead atoms. The van der Waals surface area contributed by atoms with Crippen molar-refractivity contribution in [1.82, 2.24) is 5.32 Å². The monoisotopic (exact) mass is 336 g/mol. The number of benzene rings is 1. The van der Waals surface area contributed by atoms with Gasteiger partial charge in [-0.15, -0.1) is 0 Å². The van der Waals surface area contributed by atoms with E-state index < -0.39 is 5.60 Å². The summed E-state index contributed by atoms with van der Waals surface area (Å²) < 4.78 is 0. The van der Waals surface area contributed by atoms with Gasteiger partial charge in [0.15, 0.2) is 0 Å². The van der Waals surface area contributed by atoms with Crippen LogP contribution in [0, 0.1) is 5.92 Å². The summed E-state index contributed by atoms with van der Waals surface area (Å²) in [5.74, 6) is 0.861. The lowest BCUT2D eigenvalue weighted by Crippen LogP contribution is -2.45. The number of piperidine rings is 2. The second-order valence-electron chi connectivity index (χ2n) is 8.39. The average molecular weight is 336 g/mol. The Hall–Kier alpha value is -1.58. The van der Waals surface area contributed by atoms with Crippen molar-refractivity contribution >= 4 is 5.69 Å². The predicted molar refractivity (Wildman–Crippen MR) is 102 cm³/mol. The van der Waals surface area contributed by atoms with Gasteiger partial charge in [-0.1, -0.05) is 30.4 Å². The van der Waals surface area contributed by atoms with Crippen LogP contribution in [-0.2, 0) is 5.41 Å². The Morgan fingerprint density at radius 3 is 2.48 bits per heavy atom. The average Bonchev–Trinajstić information content (AvgIpc) is 3.24. The molecule has 0 radical (unpaired) electrons. The maximum absolute atomic E-state index is 11.0. The maximum Gasteiger partial charge on any atom is 0.0927 e. The molecule has 2 unspecified atom stereocenters. The summed E-state index contributed by atoms with van der Waals surface area (Å²) in [6.45, 7) is 4.19. The first-order chi connectivity index (χ1) is 12.2. The SMILES string of the molecule is OC1(C2=CCCC=C2)CCN(c2ccc(C34CNCC3C4)cc2)CC1. The zero-order valence-corrected chi connectivity index (χ0v) is 14.9. The van der Waals surface area contributed by atoms with Crippen LogP contribution in [0.25, 0.3) is 0 Å². The first-order valence-electron chi connectivity index (χ1n) is 9.85. The second kappa shape index (κ2) is 5.72. The Labute approximate surface area is 150 Å². The molecule has 2 atom stereocenters. The summed E-state index contributed by atoms with van der Waals surface area (Å²) >= 11 is 0. The van der Waals surface area contributed by atoms with Crippen LogP contribution in [-0.4, -0.2) is 36.9 Å². The highest BCUT2D eigenvalue weighted by atomic mass is 16.3. The number of aliphatic hydroxyl groups is 1. The molecule has 1 aromatic carbocycles. The second-order valence-corrected chi connectivity index (χ2v) is 8.39. The van der Waals surface area contributed by atoms with E-state index in [1.807, 2.05) is 0 Å². The van der Waals surface area contributed by atoms with Crippen LogP contribution in [0.2, 0.25) is 0 Å². The molecule has 0 aromatic heterocycles. The van der Waals surface area contributed by atoms with Gasteiger partial charge in [-0.05, 0) is 67.8 Å². The Morgan fingerprint density at radius 2 is 1.88 bits per heavy atom. The third kappa shape index (κ3) is 2.56. The predicted octanol–water partition coefficient (Wildman–Crippen LogP) is 3.16. The molecule has 2 aliphatic carbocycles. The summed E-state index contributed by atoms with van der Waals surface area (Å²) in [6.07, 6.45) is 11.7. The smallest absolute Gasteiger partial charge is 0.0927 e. The van der Waals surface area contributed by atoms with Gasteiger partial charge in [0.25, 0.3) is 0 Å². The summed E-state index contributed by atoms with van der Waals surface area (Å²) in [5, 5.41) is 14.6. The third-order valence-corrected chi connectivity index (χ3v) is 6.99. The van der Waals surface area contributed by atoms with E-state index >= 15 is 0 Å². The van der Waals surface area contributed by atoms with Gasteiger partial charge in [0.2, 0.25) is 0 Å². The molecule has 0 spiro atoms. The van der Waals surface area contributed by atoms with Crippen molar-refractivity contribution in [2.24, 2.45) is 5.92 Å². The summed E-state index contributed by atoms with van der Waals surface area (Å²) in [4.78, 5) is 2.43. The van der Waals surface area contributed by atoms with E-state index in [-0.39, 0.29) is 0 Å². The van der Waals surface area contributed by atoms with Gasteiger partial charge in [0.1, 0.15) is 0 Å². The zero-order chi connectivity index (χ0) is 16.9. The third-order valence-electron chi connectivity index (χ3n) is 6.99. The molecule has 25 heavy (non-hydrogen) atoms. The quantitative estimate of drug-likeness (QED) is 0.890. The summed E-state index contributed by atoms with van der Waals surface area (Å²) in [6, 6.07) is 9.27. The van der Waals surface area contributed by atoms with Gasteiger partial charge in [0.05, 0.1) is 5.60 Å². The van der Waals surface area contributed by atoms with Gasteiger partial charge in [-0.3, -0.25) is 0 Å². The van der Waals surface area contributed by atoms with Crippen LogP contribution in [0.4, 0.5) is 5.69 Å². The van der Waals surface area contributed by atoms with Crippen molar-refractivity contribution in [2.75, 3.05) is 31.1 Å². The molecule has 3 nitrogen and oxygen atoms in total. The molecule has 3 heteroatoms. The normalized spacial score (nSPS) is 33.1. The molecular weight excluding hydrogens is 308 g/mol. The van der Waals surface area contributed by atoms with Crippen molar-refractivity contribution < 1.29 is 5.11 Å². The highest BCUT2D eigenvalue weighted by molar-refractivity contribution is 5.51. The molecule has 1 aromatic rings. The Balaban J connectivity index is 1.26. The minimum Gasteiger partial charge on any atom is -0.385 e. The molecule has 0 amide bonds. The van der Waals surface area contributed by atoms with Gasteiger partial charge < -0.3 is 15.3 Å². The minimum absolute atomic E-state index is 0.445. The fraction of sp³-hybridized carbons (Fsp3) is 0.545. The van der Waals surface area contributed by atoms with Crippen LogP contribution < -0.4 is 10.2 Å². The molecule has 1 saturated carbocycles. The number of rotatable bonds is 3. The standard InChI is InChI=1S/C22H28N2O/c25-22(18-4-2-1-3-5-18)10-12-24(13-11-22)20-8-6-17(7-9-20)21-14-19(21)15-23-16-21/h2,4-9,19,23,25H,1,3,10-16H2. The summed E-state index contributed by atoms with van der Waals surface area (Å²) in [5.41, 5.74) is 3.78. The molecule has 2 aliphatic heterocycles. The van der Waals surface area contributed by atoms with Crippen LogP contribution >= 0.6 is 0 Å². The molecule has 2 heterocycles. The number of hydrogen-bond donors (Lipinski definition) is 2. The lowest BCUT2D eigenvalue weighted by molar-refractivity contribution is 0.0555. The number of allylic oxidation sites excluding steroid dienone is 2. The van der Waals surface area contributed by atoms with Gasteiger partial charge in [-0.25, -0.2) is 0 Å². The number of hydrogen-bond acceptors (Lipinski definition) is 3. The topological polar surface area (TPSA) is 35.5 Å². The minimum atomic E-state index is -0.622. The molecule has 132 valence electrons. The molecule has 2 saturated heterocycles. The van der Waals surface area contributed by atoms with E-state index in [1.54, 1.807) is 0 Å². The Kier molecular flexibility index (Phi) is 3.58. The van der Waals surface area contributed by atoms with E-state index in [1.165, 1.54) is 24.2 Å². The first kappa shape index (κ1) is 15.7. The molecular formula is C22H28N2O. The van der Waals surface area contributed by atoms with Crippen LogP contribution in [0.15, 0.2) is 48.1 Å². The molecule has 5 rings (SSSR count). The van der Waals surface area contributed by atoms with Crippen molar-refractivity contribution in [3.05, 3.63) is 53.6 Å². The van der Waals surface area contributed by atoms with E-state index in [4.69, 9.17) is 0 Å². The lowest BCUT2D eigenvalue weighted by Gasteiger charge is -2.40. The van der Waals surface area contributed by atoms with Crippen molar-refractivity contribution in [2.45, 2.75) is 43.1 Å². The van der Waals surface area contributed by atoms with Crippen molar-refractivity contribution in [3.63, 3.8) is 0 Å². The zero-order valence-electron chi connectivity index (χ0n) is 14.9. The van der Waals surface area contributed by atoms with E-state index in [2.05, 4.69) is 52.7 Å². The van der Waals surface area contributed by atoms with Gasteiger partial charge >= 0.3 is 0 Å². The van der Waals surface area contributed by atoms with E-state index in [9.17, 15) is 5.11 Å². The van der Waals surface area contributed by atoms with Crippen LogP contribution in [0.1, 0.15) is 37.7 Å². The molecule has 2 N–H and O–H groups in total. The molecule has 3 fully saturated rings. The number of anilines is 1. The Morgan fingerprint density at radius 1 is 1.08 bits per heavy atom. The van der Waals surface area contributed by atoms with E-state index in [0.29, 0.717) is 5.41 Å². The van der Waals surface area contributed by atoms with Crippen molar-refractivity contribution in [1.29, 1.82) is 0 Å². The summed E-state index contributed by atoms with van der Waals surface area (Å²) in [7, 11) is 0. The maximum atomic E-state index is 11.0. The largest absolute Gasteiger partial charge is 0.385 e. The first-order valence-corrected chi connectivity index (χ1v) is 9.85. The highest BCUT2D eigenvalue weighted by Crippen LogP contribution is 2.56. The highest BCUT2D eigenvalue weighted by Gasteiger charge is 2.57. The van der Waals surface area contributed by atoms with Crippen molar-refractivity contribution in [3.8, 4) is 0 Å². The fourth-order valence-electron chi connectivity index (χ4n) is 5.18. The lowest BCUT2D eigenvalue weighted by atomic mass is 9.81. The fourth-order valence-corrected chi connectivity index (χ4v) is 5.18. The number of nitrogens with zero attached hydrogens (tertiary/aromatic N) is 1. The van der Waals surface area contributed by atoms with Crippen LogP contribution in [0.5, 0.6) is 0 Å². The van der Waals surface area contributed by atoms with Gasteiger partial charge in [-0.2, -0.15) is 0 Å². The Bertz CT molecular complexity index is 712.